The Kier molecular flexibility index (Phi) is 9.05. The fourth-order valence-corrected chi connectivity index (χ4v) is 3.14. The summed E-state index contributed by atoms with van der Waals surface area (Å²) in [5, 5.41) is 6.62. The predicted octanol–water partition coefficient (Wildman–Crippen LogP) is 3.34. The number of nitrogens with one attached hydrogen (secondary N) is 2. The third-order valence-corrected chi connectivity index (χ3v) is 4.65. The first-order valence-corrected chi connectivity index (χ1v) is 9.97. The summed E-state index contributed by atoms with van der Waals surface area (Å²) in [6.07, 6.45) is 3.64. The number of ether oxygens (including phenoxy) is 3. The third-order valence-electron chi connectivity index (χ3n) is 4.07. The zero-order valence-electron chi connectivity index (χ0n) is 15.9. The first-order valence-electron chi connectivity index (χ1n) is 9.18. The number of aliphatic imine (C=N–C) groups is 1. The van der Waals surface area contributed by atoms with E-state index in [0.717, 1.165) is 54.6 Å². The van der Waals surface area contributed by atoms with E-state index >= 15 is 0 Å². The lowest BCUT2D eigenvalue weighted by atomic mass is 10.2. The molecule has 146 valence electrons. The molecule has 0 radical (unpaired) electrons. The average Bonchev–Trinajstić information content (AvgIpc) is 3.46. The highest BCUT2D eigenvalue weighted by Gasteiger charge is 2.20. The van der Waals surface area contributed by atoms with Gasteiger partial charge in [-0.05, 0) is 65.7 Å². The Morgan fingerprint density at radius 1 is 1.23 bits per heavy atom. The van der Waals surface area contributed by atoms with Crippen molar-refractivity contribution in [1.82, 2.24) is 10.6 Å². The van der Waals surface area contributed by atoms with E-state index in [1.165, 1.54) is 12.8 Å². The first kappa shape index (κ1) is 20.8. The van der Waals surface area contributed by atoms with Crippen LogP contribution in [-0.2, 0) is 11.3 Å². The van der Waals surface area contributed by atoms with Crippen molar-refractivity contribution in [2.24, 2.45) is 10.9 Å². The topological polar surface area (TPSA) is 64.1 Å². The number of guanidine groups is 1. The number of rotatable bonds is 11. The number of hydrogen-bond acceptors (Lipinski definition) is 4. The molecule has 0 heterocycles. The lowest BCUT2D eigenvalue weighted by Crippen LogP contribution is -2.38. The van der Waals surface area contributed by atoms with Gasteiger partial charge in [0, 0.05) is 26.3 Å². The van der Waals surface area contributed by atoms with Crippen molar-refractivity contribution in [3.05, 3.63) is 22.2 Å². The van der Waals surface area contributed by atoms with E-state index < -0.39 is 0 Å². The number of benzene rings is 1. The van der Waals surface area contributed by atoms with Crippen molar-refractivity contribution in [2.45, 2.75) is 32.7 Å². The smallest absolute Gasteiger partial charge is 0.191 e. The van der Waals surface area contributed by atoms with Gasteiger partial charge in [-0.1, -0.05) is 0 Å². The molecule has 0 aromatic heterocycles. The molecule has 0 amide bonds. The van der Waals surface area contributed by atoms with Gasteiger partial charge in [0.05, 0.1) is 25.2 Å². The van der Waals surface area contributed by atoms with Crippen LogP contribution >= 0.6 is 15.9 Å². The van der Waals surface area contributed by atoms with Gasteiger partial charge in [0.25, 0.3) is 0 Å². The molecule has 0 saturated heterocycles. The van der Waals surface area contributed by atoms with Gasteiger partial charge in [-0.3, -0.25) is 0 Å². The Hall–Kier alpha value is -1.47. The lowest BCUT2D eigenvalue weighted by molar-refractivity contribution is 0.123. The lowest BCUT2D eigenvalue weighted by Gasteiger charge is -2.13. The third kappa shape index (κ3) is 7.03. The second kappa shape index (κ2) is 11.3. The van der Waals surface area contributed by atoms with Gasteiger partial charge >= 0.3 is 0 Å². The van der Waals surface area contributed by atoms with Gasteiger partial charge < -0.3 is 24.8 Å². The van der Waals surface area contributed by atoms with Gasteiger partial charge in [-0.15, -0.1) is 0 Å². The van der Waals surface area contributed by atoms with Crippen molar-refractivity contribution in [3.63, 3.8) is 0 Å². The summed E-state index contributed by atoms with van der Waals surface area (Å²) in [6, 6.07) is 3.95. The van der Waals surface area contributed by atoms with Crippen molar-refractivity contribution >= 4 is 21.9 Å². The van der Waals surface area contributed by atoms with E-state index in [0.29, 0.717) is 18.0 Å². The Morgan fingerprint density at radius 2 is 2.04 bits per heavy atom. The molecule has 1 aliphatic rings. The minimum Gasteiger partial charge on any atom is -0.493 e. The highest BCUT2D eigenvalue weighted by atomic mass is 79.9. The molecule has 1 aromatic rings. The molecule has 6 nitrogen and oxygen atoms in total. The van der Waals surface area contributed by atoms with Gasteiger partial charge in [-0.2, -0.15) is 0 Å². The summed E-state index contributed by atoms with van der Waals surface area (Å²) in [4.78, 5) is 4.65. The van der Waals surface area contributed by atoms with Gasteiger partial charge in [-0.25, -0.2) is 4.99 Å². The van der Waals surface area contributed by atoms with Crippen molar-refractivity contribution < 1.29 is 14.2 Å². The van der Waals surface area contributed by atoms with Crippen LogP contribution in [0.25, 0.3) is 0 Å². The monoisotopic (exact) mass is 427 g/mol. The van der Waals surface area contributed by atoms with Crippen LogP contribution in [0.5, 0.6) is 11.5 Å². The molecule has 26 heavy (non-hydrogen) atoms. The highest BCUT2D eigenvalue weighted by molar-refractivity contribution is 9.10. The molecule has 2 N–H and O–H groups in total. The van der Waals surface area contributed by atoms with E-state index in [-0.39, 0.29) is 0 Å². The largest absolute Gasteiger partial charge is 0.493 e. The zero-order chi connectivity index (χ0) is 18.8. The Labute approximate surface area is 164 Å². The number of halogens is 1. The van der Waals surface area contributed by atoms with Gasteiger partial charge in [0.1, 0.15) is 0 Å². The molecule has 0 bridgehead atoms. The zero-order valence-corrected chi connectivity index (χ0v) is 17.5. The second-order valence-electron chi connectivity index (χ2n) is 6.31. The molecule has 1 fully saturated rings. The highest BCUT2D eigenvalue weighted by Crippen LogP contribution is 2.36. The summed E-state index contributed by atoms with van der Waals surface area (Å²) in [5.74, 6) is 3.01. The molecule has 2 rings (SSSR count). The molecule has 0 unspecified atom stereocenters. The predicted molar refractivity (Wildman–Crippen MR) is 108 cm³/mol. The van der Waals surface area contributed by atoms with Gasteiger partial charge in [0.15, 0.2) is 17.5 Å². The van der Waals surface area contributed by atoms with Crippen molar-refractivity contribution in [1.29, 1.82) is 0 Å². The van der Waals surface area contributed by atoms with Crippen LogP contribution in [0.3, 0.4) is 0 Å². The number of nitrogens with zero attached hydrogens (tertiary/aromatic N) is 1. The average molecular weight is 428 g/mol. The Bertz CT molecular complexity index is 592. The molecule has 1 aliphatic carbocycles. The summed E-state index contributed by atoms with van der Waals surface area (Å²) in [7, 11) is 3.26. The van der Waals surface area contributed by atoms with Crippen LogP contribution in [0.2, 0.25) is 0 Å². The van der Waals surface area contributed by atoms with Crippen LogP contribution in [0.4, 0.5) is 0 Å². The minimum absolute atomic E-state index is 0.548. The minimum atomic E-state index is 0.548. The second-order valence-corrected chi connectivity index (χ2v) is 7.16. The molecule has 0 atom stereocenters. The van der Waals surface area contributed by atoms with E-state index in [4.69, 9.17) is 14.2 Å². The molecule has 0 spiro atoms. The Morgan fingerprint density at radius 3 is 2.69 bits per heavy atom. The van der Waals surface area contributed by atoms with Crippen molar-refractivity contribution in [3.8, 4) is 11.5 Å². The van der Waals surface area contributed by atoms with Gasteiger partial charge in [0.2, 0.25) is 0 Å². The molecule has 0 aliphatic heterocycles. The summed E-state index contributed by atoms with van der Waals surface area (Å²) < 4.78 is 17.2. The summed E-state index contributed by atoms with van der Waals surface area (Å²) in [6.45, 7) is 5.98. The maximum atomic E-state index is 5.66. The van der Waals surface area contributed by atoms with Crippen LogP contribution in [0.1, 0.15) is 31.7 Å². The van der Waals surface area contributed by atoms with Crippen LogP contribution in [-0.4, -0.2) is 46.5 Å². The van der Waals surface area contributed by atoms with Crippen LogP contribution in [0, 0.1) is 5.92 Å². The summed E-state index contributed by atoms with van der Waals surface area (Å²) >= 11 is 3.52. The standard InChI is InChI=1S/C19H30BrN3O3/c1-4-21-19(22-8-5-9-26-13-14-6-7-14)23-12-15-10-16(20)18(25-3)17(11-15)24-2/h10-11,14H,4-9,12-13H2,1-3H3,(H2,21,22,23). The maximum absolute atomic E-state index is 5.66. The molecular formula is C19H30BrN3O3. The normalized spacial score (nSPS) is 14.2. The van der Waals surface area contributed by atoms with Crippen molar-refractivity contribution in [2.75, 3.05) is 40.5 Å². The Balaban J connectivity index is 1.83. The maximum Gasteiger partial charge on any atom is 0.191 e. The quantitative estimate of drug-likeness (QED) is 0.322. The van der Waals surface area contributed by atoms with E-state index in [1.54, 1.807) is 14.2 Å². The molecule has 7 heteroatoms. The number of hydrogen-bond donors (Lipinski definition) is 2. The van der Waals surface area contributed by atoms with E-state index in [1.807, 2.05) is 12.1 Å². The number of methoxy groups -OCH3 is 2. The SMILES string of the molecule is CCNC(=NCc1cc(Br)c(OC)c(OC)c1)NCCCOCC1CC1. The summed E-state index contributed by atoms with van der Waals surface area (Å²) in [5.41, 5.74) is 1.04. The van der Waals surface area contributed by atoms with Crippen LogP contribution in [0.15, 0.2) is 21.6 Å². The first-order chi connectivity index (χ1) is 12.7. The molecule has 1 saturated carbocycles. The molecular weight excluding hydrogens is 398 g/mol. The van der Waals surface area contributed by atoms with E-state index in [9.17, 15) is 0 Å². The van der Waals surface area contributed by atoms with Crippen LogP contribution < -0.4 is 20.1 Å². The van der Waals surface area contributed by atoms with E-state index in [2.05, 4.69) is 38.5 Å². The fraction of sp³-hybridized carbons (Fsp3) is 0.632. The molecule has 1 aromatic carbocycles. The fourth-order valence-electron chi connectivity index (χ4n) is 2.49.